The van der Waals surface area contributed by atoms with Gasteiger partial charge in [0.05, 0.1) is 38.2 Å². The Hall–Kier alpha value is -2.92. The Bertz CT molecular complexity index is 1420. The molecule has 0 radical (unpaired) electrons. The van der Waals surface area contributed by atoms with Gasteiger partial charge in [0.1, 0.15) is 11.6 Å². The second kappa shape index (κ2) is 17.5. The summed E-state index contributed by atoms with van der Waals surface area (Å²) >= 11 is 1.80. The fraction of sp³-hybridized carbons (Fsp3) is 0.500. The first-order chi connectivity index (χ1) is 22.9. The fourth-order valence-electron chi connectivity index (χ4n) is 6.75. The molecule has 3 aromatic carbocycles. The molecule has 2 heterocycles. The summed E-state index contributed by atoms with van der Waals surface area (Å²) in [4.78, 5) is 14.5. The summed E-state index contributed by atoms with van der Waals surface area (Å²) in [6.07, 6.45) is 5.35. The van der Waals surface area contributed by atoms with Crippen LogP contribution in [0.3, 0.4) is 0 Å². The predicted octanol–water partition coefficient (Wildman–Crippen LogP) is 5.89. The lowest BCUT2D eigenvalue weighted by molar-refractivity contribution is -0.0277. The molecule has 0 bridgehead atoms. The van der Waals surface area contributed by atoms with Gasteiger partial charge in [-0.25, -0.2) is 4.99 Å². The summed E-state index contributed by atoms with van der Waals surface area (Å²) in [7, 11) is 5.83. The van der Waals surface area contributed by atoms with Crippen molar-refractivity contribution < 1.29 is 19.7 Å². The van der Waals surface area contributed by atoms with E-state index in [1.165, 1.54) is 27.3 Å². The van der Waals surface area contributed by atoms with Gasteiger partial charge < -0.3 is 29.5 Å². The van der Waals surface area contributed by atoms with Crippen LogP contribution in [0.1, 0.15) is 49.1 Å². The molecule has 2 N–H and O–H groups in total. The summed E-state index contributed by atoms with van der Waals surface area (Å²) in [5.41, 5.74) is 2.92. The van der Waals surface area contributed by atoms with Crippen LogP contribution in [0.15, 0.2) is 87.6 Å². The molecule has 6 rings (SSSR count). The number of likely N-dealkylation sites (N-methyl/N-ethyl adjacent to an activating group) is 1. The number of hydrogen-bond donors (Lipinski definition) is 2. The first kappa shape index (κ1) is 35.4. The Morgan fingerprint density at radius 2 is 1.55 bits per heavy atom. The highest BCUT2D eigenvalue weighted by atomic mass is 32.2. The van der Waals surface area contributed by atoms with Gasteiger partial charge in [-0.3, -0.25) is 4.90 Å². The van der Waals surface area contributed by atoms with Crippen molar-refractivity contribution in [2.45, 2.75) is 53.4 Å². The SMILES string of the molecule is COc1ccc(C(CN(C)C)C2(O)CCCCC2)cc1.OCCOCCN1CCN(C2=Nc3ccccc3Sc3ccccc32)CC1. The molecule has 3 aliphatic rings. The third-order valence-corrected chi connectivity index (χ3v) is 10.5. The average molecular weight is 661 g/mol. The van der Waals surface area contributed by atoms with Gasteiger partial charge in [0.25, 0.3) is 0 Å². The molecule has 1 saturated heterocycles. The van der Waals surface area contributed by atoms with E-state index in [1.807, 2.05) is 12.1 Å². The number of rotatable bonds is 10. The second-order valence-corrected chi connectivity index (χ2v) is 14.0. The molecule has 2 fully saturated rings. The molecule has 254 valence electrons. The number of piperazine rings is 1. The first-order valence-corrected chi connectivity index (χ1v) is 17.8. The molecular weight excluding hydrogens is 609 g/mol. The molecule has 0 aromatic heterocycles. The van der Waals surface area contributed by atoms with Crippen molar-refractivity contribution in [1.29, 1.82) is 0 Å². The van der Waals surface area contributed by atoms with Gasteiger partial charge in [0, 0.05) is 60.5 Å². The normalized spacial score (nSPS) is 18.3. The molecule has 0 spiro atoms. The van der Waals surface area contributed by atoms with Crippen LogP contribution < -0.4 is 4.74 Å². The van der Waals surface area contributed by atoms with Crippen molar-refractivity contribution in [3.05, 3.63) is 83.9 Å². The van der Waals surface area contributed by atoms with Crippen LogP contribution in [0.25, 0.3) is 0 Å². The lowest BCUT2D eigenvalue weighted by Crippen LogP contribution is -2.49. The van der Waals surface area contributed by atoms with Gasteiger partial charge in [0.2, 0.25) is 0 Å². The van der Waals surface area contributed by atoms with E-state index in [4.69, 9.17) is 19.6 Å². The van der Waals surface area contributed by atoms with E-state index < -0.39 is 5.60 Å². The number of benzene rings is 3. The number of aliphatic hydroxyl groups excluding tert-OH is 1. The first-order valence-electron chi connectivity index (χ1n) is 17.0. The molecule has 1 atom stereocenters. The Labute approximate surface area is 285 Å². The fourth-order valence-corrected chi connectivity index (χ4v) is 7.77. The third kappa shape index (κ3) is 9.59. The molecule has 9 heteroatoms. The van der Waals surface area contributed by atoms with Crippen LogP contribution in [0, 0.1) is 0 Å². The number of aliphatic imine (C=N–C) groups is 1. The van der Waals surface area contributed by atoms with E-state index in [1.54, 1.807) is 18.9 Å². The Morgan fingerprint density at radius 1 is 0.872 bits per heavy atom. The number of amidine groups is 1. The van der Waals surface area contributed by atoms with Crippen LogP contribution in [0.2, 0.25) is 0 Å². The van der Waals surface area contributed by atoms with Crippen molar-refractivity contribution in [3.63, 3.8) is 0 Å². The van der Waals surface area contributed by atoms with Crippen molar-refractivity contribution in [2.75, 3.05) is 80.3 Å². The number of nitrogens with zero attached hydrogens (tertiary/aromatic N) is 4. The van der Waals surface area contributed by atoms with Gasteiger partial charge in [-0.15, -0.1) is 0 Å². The van der Waals surface area contributed by atoms with E-state index in [-0.39, 0.29) is 12.5 Å². The summed E-state index contributed by atoms with van der Waals surface area (Å²) in [5, 5.41) is 19.9. The van der Waals surface area contributed by atoms with E-state index in [2.05, 4.69) is 89.5 Å². The van der Waals surface area contributed by atoms with Crippen molar-refractivity contribution in [2.24, 2.45) is 4.99 Å². The number of aliphatic hydroxyl groups is 2. The molecule has 3 aromatic rings. The zero-order chi connectivity index (χ0) is 33.1. The Morgan fingerprint density at radius 3 is 2.23 bits per heavy atom. The molecule has 1 saturated carbocycles. The van der Waals surface area contributed by atoms with Gasteiger partial charge in [0.15, 0.2) is 0 Å². The third-order valence-electron chi connectivity index (χ3n) is 9.33. The lowest BCUT2D eigenvalue weighted by Gasteiger charge is -2.40. The van der Waals surface area contributed by atoms with Crippen molar-refractivity contribution >= 4 is 23.3 Å². The van der Waals surface area contributed by atoms with Crippen LogP contribution >= 0.6 is 11.8 Å². The molecule has 47 heavy (non-hydrogen) atoms. The van der Waals surface area contributed by atoms with Gasteiger partial charge >= 0.3 is 0 Å². The summed E-state index contributed by atoms with van der Waals surface area (Å²) in [6.45, 7) is 6.89. The van der Waals surface area contributed by atoms with Crippen molar-refractivity contribution in [1.82, 2.24) is 14.7 Å². The van der Waals surface area contributed by atoms with Crippen LogP contribution in [-0.4, -0.2) is 117 Å². The van der Waals surface area contributed by atoms with E-state index >= 15 is 0 Å². The number of ether oxygens (including phenoxy) is 2. The Kier molecular flexibility index (Phi) is 13.2. The predicted molar refractivity (Wildman–Crippen MR) is 191 cm³/mol. The van der Waals surface area contributed by atoms with E-state index in [0.717, 1.165) is 82.2 Å². The smallest absolute Gasteiger partial charge is 0.137 e. The summed E-state index contributed by atoms with van der Waals surface area (Å²) in [5.74, 6) is 2.12. The average Bonchev–Trinajstić information content (AvgIpc) is 3.27. The maximum Gasteiger partial charge on any atom is 0.137 e. The number of fused-ring (bicyclic) bond motifs is 2. The molecule has 2 aliphatic heterocycles. The van der Waals surface area contributed by atoms with Crippen LogP contribution in [0.5, 0.6) is 5.75 Å². The number of hydrogen-bond acceptors (Lipinski definition) is 9. The minimum Gasteiger partial charge on any atom is -0.497 e. The monoisotopic (exact) mass is 660 g/mol. The lowest BCUT2D eigenvalue weighted by atomic mass is 9.72. The summed E-state index contributed by atoms with van der Waals surface area (Å²) < 4.78 is 10.6. The minimum atomic E-state index is -0.558. The maximum absolute atomic E-state index is 11.1. The van der Waals surface area contributed by atoms with Crippen molar-refractivity contribution in [3.8, 4) is 5.75 Å². The maximum atomic E-state index is 11.1. The van der Waals surface area contributed by atoms with E-state index in [0.29, 0.717) is 13.2 Å². The molecular formula is C38H52N4O4S. The summed E-state index contributed by atoms with van der Waals surface area (Å²) in [6, 6.07) is 25.1. The topological polar surface area (TPSA) is 81.0 Å². The highest BCUT2D eigenvalue weighted by Gasteiger charge is 2.38. The molecule has 0 amide bonds. The molecule has 1 aliphatic carbocycles. The Balaban J connectivity index is 0.000000194. The van der Waals surface area contributed by atoms with Gasteiger partial charge in [-0.1, -0.05) is 73.5 Å². The van der Waals surface area contributed by atoms with Gasteiger partial charge in [-0.05, 0) is 62.8 Å². The van der Waals surface area contributed by atoms with Gasteiger partial charge in [-0.2, -0.15) is 0 Å². The zero-order valence-corrected chi connectivity index (χ0v) is 29.1. The second-order valence-electron chi connectivity index (χ2n) is 12.9. The minimum absolute atomic E-state index is 0.0898. The quantitative estimate of drug-likeness (QED) is 0.261. The number of methoxy groups -OCH3 is 1. The zero-order valence-electron chi connectivity index (χ0n) is 28.3. The van der Waals surface area contributed by atoms with Crippen LogP contribution in [0.4, 0.5) is 5.69 Å². The van der Waals surface area contributed by atoms with Crippen LogP contribution in [-0.2, 0) is 4.74 Å². The highest BCUT2D eigenvalue weighted by molar-refractivity contribution is 7.99. The molecule has 8 nitrogen and oxygen atoms in total. The van der Waals surface area contributed by atoms with E-state index in [9.17, 15) is 5.11 Å². The largest absolute Gasteiger partial charge is 0.497 e. The molecule has 1 unspecified atom stereocenters. The standard InChI is InChI=1S/C21H25N3O2S.C17H27NO2/c25-14-16-26-15-13-23-9-11-24(12-10-23)21-17-5-1-3-7-19(17)27-20-8-4-2-6-18(20)22-21;1-18(2)13-16(17(19)11-5-4-6-12-17)14-7-9-15(20-3)10-8-14/h1-8,25H,9-16H2;7-10,16,19H,4-6,11-13H2,1-3H3. The number of para-hydroxylation sites is 1. The highest BCUT2D eigenvalue weighted by Crippen LogP contribution is 2.41.